The van der Waals surface area contributed by atoms with E-state index < -0.39 is 0 Å². The van der Waals surface area contributed by atoms with Crippen molar-refractivity contribution in [3.63, 3.8) is 0 Å². The Morgan fingerprint density at radius 3 is 2.52 bits per heavy atom. The summed E-state index contributed by atoms with van der Waals surface area (Å²) in [6, 6.07) is 8.14. The predicted molar refractivity (Wildman–Crippen MR) is 105 cm³/mol. The molecule has 25 heavy (non-hydrogen) atoms. The summed E-state index contributed by atoms with van der Waals surface area (Å²) in [5.41, 5.74) is 7.20. The standard InChI is InChI=1S/C20H32N2O2.ClH/c1-16(13-17-9-5-6-10-18(17)24-3)22(2)19(23)14-20(15-21)11-7-4-8-12-20;/h5-6,9-10,16H,4,7-8,11-15,21H2,1-3H3;1H. The SMILES string of the molecule is COc1ccccc1CC(C)N(C)C(=O)CC1(CN)CCCCC1.Cl. The van der Waals surface area contributed by atoms with Gasteiger partial charge in [-0.15, -0.1) is 12.4 Å². The average molecular weight is 369 g/mol. The van der Waals surface area contributed by atoms with Gasteiger partial charge >= 0.3 is 0 Å². The van der Waals surface area contributed by atoms with E-state index in [4.69, 9.17) is 10.5 Å². The molecule has 0 aromatic heterocycles. The second-order valence-corrected chi connectivity index (χ2v) is 7.31. The third kappa shape index (κ3) is 5.61. The number of halogens is 1. The minimum Gasteiger partial charge on any atom is -0.496 e. The molecule has 1 aliphatic carbocycles. The Hall–Kier alpha value is -1.26. The van der Waals surface area contributed by atoms with Crippen molar-refractivity contribution in [1.29, 1.82) is 0 Å². The fourth-order valence-corrected chi connectivity index (χ4v) is 3.77. The fraction of sp³-hybridized carbons (Fsp3) is 0.650. The summed E-state index contributed by atoms with van der Waals surface area (Å²) < 4.78 is 5.42. The summed E-state index contributed by atoms with van der Waals surface area (Å²) in [6.45, 7) is 2.72. The lowest BCUT2D eigenvalue weighted by Gasteiger charge is -2.37. The van der Waals surface area contributed by atoms with Crippen LogP contribution in [0.1, 0.15) is 51.0 Å². The predicted octanol–water partition coefficient (Wildman–Crippen LogP) is 3.81. The smallest absolute Gasteiger partial charge is 0.223 e. The van der Waals surface area contributed by atoms with Crippen molar-refractivity contribution >= 4 is 18.3 Å². The molecular weight excluding hydrogens is 336 g/mol. The monoisotopic (exact) mass is 368 g/mol. The summed E-state index contributed by atoms with van der Waals surface area (Å²) >= 11 is 0. The highest BCUT2D eigenvalue weighted by atomic mass is 35.5. The third-order valence-corrected chi connectivity index (χ3v) is 5.64. The molecule has 0 spiro atoms. The fourth-order valence-electron chi connectivity index (χ4n) is 3.77. The number of amides is 1. The zero-order valence-electron chi connectivity index (χ0n) is 15.8. The van der Waals surface area contributed by atoms with Crippen molar-refractivity contribution in [3.05, 3.63) is 29.8 Å². The van der Waals surface area contributed by atoms with Crippen LogP contribution >= 0.6 is 12.4 Å². The number of methoxy groups -OCH3 is 1. The average Bonchev–Trinajstić information content (AvgIpc) is 2.62. The van der Waals surface area contributed by atoms with Gasteiger partial charge in [-0.25, -0.2) is 0 Å². The molecule has 1 aromatic carbocycles. The molecule has 0 aliphatic heterocycles. The number of hydrogen-bond acceptors (Lipinski definition) is 3. The van der Waals surface area contributed by atoms with Crippen LogP contribution < -0.4 is 10.5 Å². The lowest BCUT2D eigenvalue weighted by Crippen LogP contribution is -2.42. The number of carbonyl (C=O) groups is 1. The Kier molecular flexibility index (Phi) is 8.74. The molecule has 0 saturated heterocycles. The third-order valence-electron chi connectivity index (χ3n) is 5.64. The Labute approximate surface area is 158 Å². The zero-order chi connectivity index (χ0) is 17.6. The van der Waals surface area contributed by atoms with E-state index in [1.54, 1.807) is 7.11 Å². The number of para-hydroxylation sites is 1. The van der Waals surface area contributed by atoms with Crippen LogP contribution in [0.2, 0.25) is 0 Å². The van der Waals surface area contributed by atoms with Crippen LogP contribution in [0, 0.1) is 5.41 Å². The first-order valence-electron chi connectivity index (χ1n) is 9.09. The highest BCUT2D eigenvalue weighted by Crippen LogP contribution is 2.38. The van der Waals surface area contributed by atoms with Crippen LogP contribution in [0.4, 0.5) is 0 Å². The van der Waals surface area contributed by atoms with E-state index >= 15 is 0 Å². The van der Waals surface area contributed by atoms with Crippen molar-refractivity contribution in [2.75, 3.05) is 20.7 Å². The number of carbonyl (C=O) groups excluding carboxylic acids is 1. The van der Waals surface area contributed by atoms with E-state index in [-0.39, 0.29) is 29.8 Å². The molecule has 1 amide bonds. The molecule has 1 aliphatic rings. The maximum atomic E-state index is 12.8. The second-order valence-electron chi connectivity index (χ2n) is 7.31. The Bertz CT molecular complexity index is 544. The van der Waals surface area contributed by atoms with Crippen molar-refractivity contribution in [2.45, 2.75) is 57.9 Å². The maximum absolute atomic E-state index is 12.8. The van der Waals surface area contributed by atoms with Crippen molar-refractivity contribution in [2.24, 2.45) is 11.1 Å². The van der Waals surface area contributed by atoms with Gasteiger partial charge in [-0.1, -0.05) is 37.5 Å². The molecule has 1 aromatic rings. The van der Waals surface area contributed by atoms with Crippen molar-refractivity contribution in [1.82, 2.24) is 4.90 Å². The number of rotatable bonds is 7. The van der Waals surface area contributed by atoms with Gasteiger partial charge in [0.1, 0.15) is 5.75 Å². The molecule has 142 valence electrons. The number of nitrogens with two attached hydrogens (primary N) is 1. The molecule has 1 fully saturated rings. The highest BCUT2D eigenvalue weighted by molar-refractivity contribution is 5.85. The highest BCUT2D eigenvalue weighted by Gasteiger charge is 2.34. The largest absolute Gasteiger partial charge is 0.496 e. The molecule has 0 heterocycles. The molecule has 1 unspecified atom stereocenters. The summed E-state index contributed by atoms with van der Waals surface area (Å²) in [6.07, 6.45) is 7.22. The number of ether oxygens (including phenoxy) is 1. The summed E-state index contributed by atoms with van der Waals surface area (Å²) in [5, 5.41) is 0. The molecular formula is C20H33ClN2O2. The van der Waals surface area contributed by atoms with E-state index in [1.807, 2.05) is 30.1 Å². The number of benzene rings is 1. The molecule has 0 radical (unpaired) electrons. The maximum Gasteiger partial charge on any atom is 0.223 e. The second kappa shape index (κ2) is 10.0. The molecule has 2 rings (SSSR count). The molecule has 2 N–H and O–H groups in total. The summed E-state index contributed by atoms with van der Waals surface area (Å²) in [5.74, 6) is 1.10. The molecule has 5 heteroatoms. The summed E-state index contributed by atoms with van der Waals surface area (Å²) in [7, 11) is 3.60. The number of likely N-dealkylation sites (N-methyl/N-ethyl adjacent to an activating group) is 1. The number of nitrogens with zero attached hydrogens (tertiary/aromatic N) is 1. The van der Waals surface area contributed by atoms with Gasteiger partial charge in [0, 0.05) is 19.5 Å². The van der Waals surface area contributed by atoms with Crippen LogP contribution in [0.25, 0.3) is 0 Å². The molecule has 0 bridgehead atoms. The number of hydrogen-bond donors (Lipinski definition) is 1. The van der Waals surface area contributed by atoms with Gasteiger partial charge in [-0.3, -0.25) is 4.79 Å². The van der Waals surface area contributed by atoms with Crippen LogP contribution in [-0.4, -0.2) is 37.6 Å². The van der Waals surface area contributed by atoms with Crippen molar-refractivity contribution < 1.29 is 9.53 Å². The zero-order valence-corrected chi connectivity index (χ0v) is 16.6. The quantitative estimate of drug-likeness (QED) is 0.796. The molecule has 4 nitrogen and oxygen atoms in total. The molecule has 1 saturated carbocycles. The van der Waals surface area contributed by atoms with E-state index in [0.29, 0.717) is 13.0 Å². The minimum absolute atomic E-state index is 0. The van der Waals surface area contributed by atoms with E-state index in [0.717, 1.165) is 30.6 Å². The normalized spacial score (nSPS) is 17.3. The van der Waals surface area contributed by atoms with Gasteiger partial charge in [-0.05, 0) is 49.8 Å². The van der Waals surface area contributed by atoms with E-state index in [2.05, 4.69) is 13.0 Å². The van der Waals surface area contributed by atoms with Crippen LogP contribution in [0.15, 0.2) is 24.3 Å². The lowest BCUT2D eigenvalue weighted by molar-refractivity contribution is -0.134. The Morgan fingerprint density at radius 1 is 1.28 bits per heavy atom. The van der Waals surface area contributed by atoms with Crippen molar-refractivity contribution in [3.8, 4) is 5.75 Å². The van der Waals surface area contributed by atoms with Gasteiger partial charge in [-0.2, -0.15) is 0 Å². The van der Waals surface area contributed by atoms with Crippen LogP contribution in [-0.2, 0) is 11.2 Å². The van der Waals surface area contributed by atoms with Gasteiger partial charge in [0.25, 0.3) is 0 Å². The van der Waals surface area contributed by atoms with Gasteiger partial charge in [0.15, 0.2) is 0 Å². The topological polar surface area (TPSA) is 55.6 Å². The van der Waals surface area contributed by atoms with Crippen LogP contribution in [0.5, 0.6) is 5.75 Å². The first kappa shape index (κ1) is 21.8. The van der Waals surface area contributed by atoms with Gasteiger partial charge < -0.3 is 15.4 Å². The van der Waals surface area contributed by atoms with E-state index in [1.165, 1.54) is 19.3 Å². The molecule has 1 atom stereocenters. The summed E-state index contributed by atoms with van der Waals surface area (Å²) in [4.78, 5) is 14.7. The Morgan fingerprint density at radius 2 is 1.92 bits per heavy atom. The van der Waals surface area contributed by atoms with Gasteiger partial charge in [0.05, 0.1) is 7.11 Å². The first-order chi connectivity index (χ1) is 11.5. The van der Waals surface area contributed by atoms with Gasteiger partial charge in [0.2, 0.25) is 5.91 Å². The van der Waals surface area contributed by atoms with E-state index in [9.17, 15) is 4.79 Å². The Balaban J connectivity index is 0.00000312. The first-order valence-corrected chi connectivity index (χ1v) is 9.09. The lowest BCUT2D eigenvalue weighted by atomic mass is 9.71. The van der Waals surface area contributed by atoms with Crippen LogP contribution in [0.3, 0.4) is 0 Å². The minimum atomic E-state index is 0.